The summed E-state index contributed by atoms with van der Waals surface area (Å²) in [6, 6.07) is 2.02. The number of nitrogens with zero attached hydrogens (tertiary/aromatic N) is 5. The first-order valence-electron chi connectivity index (χ1n) is 9.51. The maximum absolute atomic E-state index is 10.6. The molecule has 16 heteroatoms. The van der Waals surface area contributed by atoms with E-state index in [0.717, 1.165) is 31.9 Å². The van der Waals surface area contributed by atoms with Crippen LogP contribution in [0.5, 0.6) is 0 Å². The Hall–Kier alpha value is -3.82. The number of rotatable bonds is 4. The normalized spacial score (nSPS) is 13.3. The van der Waals surface area contributed by atoms with Gasteiger partial charge in [0.15, 0.2) is 0 Å². The van der Waals surface area contributed by atoms with Gasteiger partial charge in [0, 0.05) is 50.2 Å². The zero-order valence-electron chi connectivity index (χ0n) is 17.9. The Labute approximate surface area is 193 Å². The zero-order chi connectivity index (χ0) is 26.4. The molecule has 3 aromatic heterocycles. The molecule has 3 aromatic rings. The topological polar surface area (TPSA) is 127 Å². The molecule has 4 rings (SSSR count). The molecule has 0 radical (unpaired) electrons. The first-order chi connectivity index (χ1) is 16.2. The van der Waals surface area contributed by atoms with Gasteiger partial charge < -0.3 is 19.2 Å². The highest BCUT2D eigenvalue weighted by Crippen LogP contribution is 2.27. The van der Waals surface area contributed by atoms with Crippen LogP contribution in [0.3, 0.4) is 0 Å². The van der Waals surface area contributed by atoms with E-state index < -0.39 is 24.3 Å². The van der Waals surface area contributed by atoms with E-state index in [0.29, 0.717) is 0 Å². The van der Waals surface area contributed by atoms with Crippen LogP contribution in [0.4, 0.5) is 26.3 Å². The molecule has 192 valence electrons. The van der Waals surface area contributed by atoms with E-state index in [-0.39, 0.29) is 0 Å². The van der Waals surface area contributed by atoms with Crippen LogP contribution < -0.4 is 0 Å². The van der Waals surface area contributed by atoms with E-state index in [4.69, 9.17) is 24.2 Å². The van der Waals surface area contributed by atoms with Crippen LogP contribution in [0, 0.1) is 0 Å². The Balaban J connectivity index is 0.000000257. The fourth-order valence-corrected chi connectivity index (χ4v) is 2.97. The average Bonchev–Trinajstić information content (AvgIpc) is 3.51. The first-order valence-corrected chi connectivity index (χ1v) is 9.51. The number of furan rings is 1. The average molecular weight is 511 g/mol. The molecule has 0 saturated carbocycles. The van der Waals surface area contributed by atoms with Gasteiger partial charge in [0.2, 0.25) is 0 Å². The summed E-state index contributed by atoms with van der Waals surface area (Å²) in [5, 5.41) is 18.9. The highest BCUT2D eigenvalue weighted by atomic mass is 19.4. The molecule has 1 aliphatic rings. The monoisotopic (exact) mass is 511 g/mol. The summed E-state index contributed by atoms with van der Waals surface area (Å²) in [7, 11) is 2.03. The Kier molecular flexibility index (Phi) is 8.67. The maximum Gasteiger partial charge on any atom is 0.490 e. The largest absolute Gasteiger partial charge is 0.490 e. The highest BCUT2D eigenvalue weighted by Gasteiger charge is 2.38. The number of carboxylic acid groups (broad SMARTS) is 2. The lowest BCUT2D eigenvalue weighted by molar-refractivity contribution is -0.193. The molecular formula is C19H19F6N5O5. The van der Waals surface area contributed by atoms with E-state index >= 15 is 0 Å². The van der Waals surface area contributed by atoms with Gasteiger partial charge in [0.1, 0.15) is 0 Å². The third kappa shape index (κ3) is 8.16. The molecule has 0 aromatic carbocycles. The van der Waals surface area contributed by atoms with Gasteiger partial charge in [-0.25, -0.2) is 14.6 Å². The summed E-state index contributed by atoms with van der Waals surface area (Å²) in [6.07, 6.45) is -1.02. The molecular weight excluding hydrogens is 492 g/mol. The summed E-state index contributed by atoms with van der Waals surface area (Å²) in [4.78, 5) is 24.3. The summed E-state index contributed by atoms with van der Waals surface area (Å²) in [5.74, 6) is -5.51. The third-order valence-corrected chi connectivity index (χ3v) is 4.48. The lowest BCUT2D eigenvalue weighted by atomic mass is 10.2. The maximum atomic E-state index is 10.6. The van der Waals surface area contributed by atoms with Crippen LogP contribution >= 0.6 is 0 Å². The van der Waals surface area contributed by atoms with Crippen molar-refractivity contribution in [2.45, 2.75) is 38.5 Å². The fourth-order valence-electron chi connectivity index (χ4n) is 2.97. The molecule has 0 fully saturated rings. The molecule has 2 N–H and O–H groups in total. The lowest BCUT2D eigenvalue weighted by Gasteiger charge is -2.14. The molecule has 0 saturated heterocycles. The molecule has 0 aliphatic carbocycles. The van der Waals surface area contributed by atoms with Crippen molar-refractivity contribution in [3.05, 3.63) is 59.8 Å². The fraction of sp³-hybridized carbons (Fsp3) is 0.368. The molecule has 10 nitrogen and oxygen atoms in total. The molecule has 0 unspecified atom stereocenters. The van der Waals surface area contributed by atoms with Crippen molar-refractivity contribution in [3.63, 3.8) is 0 Å². The predicted octanol–water partition coefficient (Wildman–Crippen LogP) is 3.04. The summed E-state index contributed by atoms with van der Waals surface area (Å²) in [6.45, 7) is 3.57. The van der Waals surface area contributed by atoms with Gasteiger partial charge in [0.05, 0.1) is 36.8 Å². The Morgan fingerprint density at radius 2 is 1.66 bits per heavy atom. The van der Waals surface area contributed by atoms with Gasteiger partial charge in [-0.05, 0) is 6.07 Å². The van der Waals surface area contributed by atoms with E-state index in [2.05, 4.69) is 19.5 Å². The Morgan fingerprint density at radius 1 is 1.06 bits per heavy atom. The molecule has 0 bridgehead atoms. The van der Waals surface area contributed by atoms with E-state index in [9.17, 15) is 26.3 Å². The zero-order valence-corrected chi connectivity index (χ0v) is 17.9. The van der Waals surface area contributed by atoms with Crippen molar-refractivity contribution >= 4 is 11.9 Å². The van der Waals surface area contributed by atoms with Crippen LogP contribution in [0.25, 0.3) is 0 Å². The van der Waals surface area contributed by atoms with Gasteiger partial charge >= 0.3 is 24.3 Å². The standard InChI is InChI=1S/C15H17N5O.2C2HF3O2/c1-18-15-9-20(6-12-2-5-21-10-12)7-13(15)14(17-18)8-19-4-3-16-11-19;2*3-2(4,5)1(6)7/h2-5,10-11H,6-9H2,1H3;2*(H,6,7). The molecule has 0 amide bonds. The number of carboxylic acids is 2. The predicted molar refractivity (Wildman–Crippen MR) is 104 cm³/mol. The van der Waals surface area contributed by atoms with E-state index in [1.54, 1.807) is 12.5 Å². The van der Waals surface area contributed by atoms with Crippen molar-refractivity contribution in [2.75, 3.05) is 0 Å². The number of aryl methyl sites for hydroxylation is 1. The van der Waals surface area contributed by atoms with Crippen LogP contribution in [0.1, 0.15) is 22.5 Å². The second kappa shape index (κ2) is 11.1. The molecule has 0 spiro atoms. The Morgan fingerprint density at radius 3 is 2.11 bits per heavy atom. The number of fused-ring (bicyclic) bond motifs is 1. The van der Waals surface area contributed by atoms with Crippen LogP contribution in [-0.2, 0) is 42.8 Å². The second-order valence-corrected chi connectivity index (χ2v) is 7.11. The summed E-state index contributed by atoms with van der Waals surface area (Å²) < 4.78 is 72.7. The second-order valence-electron chi connectivity index (χ2n) is 7.11. The third-order valence-electron chi connectivity index (χ3n) is 4.48. The molecule has 0 atom stereocenters. The van der Waals surface area contributed by atoms with Crippen LogP contribution in [0.15, 0.2) is 41.7 Å². The minimum atomic E-state index is -5.08. The van der Waals surface area contributed by atoms with Crippen LogP contribution in [-0.4, -0.2) is 58.7 Å². The lowest BCUT2D eigenvalue weighted by Crippen LogP contribution is -2.21. The number of carbonyl (C=O) groups is 2. The van der Waals surface area contributed by atoms with Crippen molar-refractivity contribution in [3.8, 4) is 0 Å². The van der Waals surface area contributed by atoms with Crippen molar-refractivity contribution in [1.29, 1.82) is 0 Å². The van der Waals surface area contributed by atoms with Crippen molar-refractivity contribution < 1.29 is 50.6 Å². The number of imidazole rings is 1. The van der Waals surface area contributed by atoms with Crippen molar-refractivity contribution in [1.82, 2.24) is 24.2 Å². The first kappa shape index (κ1) is 27.4. The number of alkyl halides is 6. The highest BCUT2D eigenvalue weighted by molar-refractivity contribution is 5.73. The quantitative estimate of drug-likeness (QED) is 0.512. The van der Waals surface area contributed by atoms with E-state index in [1.807, 2.05) is 36.6 Å². The van der Waals surface area contributed by atoms with Gasteiger partial charge in [-0.1, -0.05) is 0 Å². The van der Waals surface area contributed by atoms with E-state index in [1.165, 1.54) is 16.8 Å². The van der Waals surface area contributed by atoms with Gasteiger partial charge in [-0.3, -0.25) is 9.58 Å². The Bertz CT molecular complexity index is 1080. The number of hydrogen-bond donors (Lipinski definition) is 2. The molecule has 35 heavy (non-hydrogen) atoms. The number of aliphatic carboxylic acids is 2. The van der Waals surface area contributed by atoms with Crippen LogP contribution in [0.2, 0.25) is 0 Å². The van der Waals surface area contributed by atoms with Crippen molar-refractivity contribution in [2.24, 2.45) is 7.05 Å². The number of hydrogen-bond acceptors (Lipinski definition) is 6. The molecule has 1 aliphatic heterocycles. The van der Waals surface area contributed by atoms with Gasteiger partial charge in [-0.15, -0.1) is 0 Å². The number of halogens is 6. The summed E-state index contributed by atoms with van der Waals surface area (Å²) in [5.41, 5.74) is 5.02. The SMILES string of the molecule is Cn1nc(Cn2ccnc2)c2c1CN(Cc1ccoc1)C2.O=C(O)C(F)(F)F.O=C(O)C(F)(F)F. The summed E-state index contributed by atoms with van der Waals surface area (Å²) >= 11 is 0. The van der Waals surface area contributed by atoms with Gasteiger partial charge in [-0.2, -0.15) is 31.4 Å². The minimum absolute atomic E-state index is 0.780. The smallest absolute Gasteiger partial charge is 0.475 e. The minimum Gasteiger partial charge on any atom is -0.475 e. The van der Waals surface area contributed by atoms with Gasteiger partial charge in [0.25, 0.3) is 0 Å². The number of aromatic nitrogens is 4. The molecule has 4 heterocycles.